The summed E-state index contributed by atoms with van der Waals surface area (Å²) in [7, 11) is 0. The molecule has 0 saturated heterocycles. The molecule has 0 radical (unpaired) electrons. The minimum atomic E-state index is -0.828. The van der Waals surface area contributed by atoms with Gasteiger partial charge in [0.05, 0.1) is 0 Å². The summed E-state index contributed by atoms with van der Waals surface area (Å²) >= 11 is 0. The second kappa shape index (κ2) is 58.4. The zero-order chi connectivity index (χ0) is 51.4. The van der Waals surface area contributed by atoms with E-state index in [0.717, 1.165) is 103 Å². The topological polar surface area (TPSA) is 78.9 Å². The lowest BCUT2D eigenvalue weighted by molar-refractivity contribution is -0.167. The molecule has 6 nitrogen and oxygen atoms in total. The van der Waals surface area contributed by atoms with Crippen LogP contribution in [0.3, 0.4) is 0 Å². The Labute approximate surface area is 437 Å². The molecule has 6 heteroatoms. The second-order valence-electron chi connectivity index (χ2n) is 18.8. The van der Waals surface area contributed by atoms with Crippen molar-refractivity contribution in [2.24, 2.45) is 0 Å². The lowest BCUT2D eigenvalue weighted by Crippen LogP contribution is -2.30. The lowest BCUT2D eigenvalue weighted by Gasteiger charge is -2.18. The van der Waals surface area contributed by atoms with Crippen LogP contribution in [0.4, 0.5) is 0 Å². The van der Waals surface area contributed by atoms with Crippen LogP contribution < -0.4 is 0 Å². The van der Waals surface area contributed by atoms with Gasteiger partial charge in [0.1, 0.15) is 13.2 Å². The van der Waals surface area contributed by atoms with Gasteiger partial charge in [-0.25, -0.2) is 0 Å². The minimum Gasteiger partial charge on any atom is -0.462 e. The van der Waals surface area contributed by atoms with Crippen molar-refractivity contribution >= 4 is 17.9 Å². The average molecular weight is 984 g/mol. The van der Waals surface area contributed by atoms with Crippen LogP contribution in [-0.2, 0) is 28.6 Å². The van der Waals surface area contributed by atoms with Crippen molar-refractivity contribution in [3.63, 3.8) is 0 Å². The van der Waals surface area contributed by atoms with Crippen molar-refractivity contribution in [3.05, 3.63) is 122 Å². The molecule has 0 spiro atoms. The van der Waals surface area contributed by atoms with Gasteiger partial charge < -0.3 is 14.2 Å². The third-order valence-electron chi connectivity index (χ3n) is 11.9. The maximum atomic E-state index is 12.8. The molecule has 0 heterocycles. The predicted molar refractivity (Wildman–Crippen MR) is 306 cm³/mol. The Balaban J connectivity index is 4.56. The van der Waals surface area contributed by atoms with Crippen LogP contribution in [0.2, 0.25) is 0 Å². The van der Waals surface area contributed by atoms with Gasteiger partial charge in [-0.15, -0.1) is 0 Å². The molecule has 0 amide bonds. The molecule has 0 unspecified atom stereocenters. The van der Waals surface area contributed by atoms with Crippen molar-refractivity contribution in [2.45, 2.75) is 258 Å². The number of carbonyl (C=O) groups excluding carboxylic acids is 3. The average Bonchev–Trinajstić information content (AvgIpc) is 3.37. The molecule has 71 heavy (non-hydrogen) atoms. The highest BCUT2D eigenvalue weighted by Gasteiger charge is 2.19. The third-order valence-corrected chi connectivity index (χ3v) is 11.9. The number of hydrogen-bond donors (Lipinski definition) is 0. The number of unbranched alkanes of at least 4 members (excludes halogenated alkanes) is 20. The maximum Gasteiger partial charge on any atom is 0.306 e. The molecule has 0 aromatic rings. The number of ether oxygens (including phenoxy) is 3. The summed E-state index contributed by atoms with van der Waals surface area (Å²) in [6.45, 7) is 6.47. The highest BCUT2D eigenvalue weighted by Crippen LogP contribution is 2.13. The monoisotopic (exact) mass is 983 g/mol. The van der Waals surface area contributed by atoms with Crippen molar-refractivity contribution in [1.82, 2.24) is 0 Å². The van der Waals surface area contributed by atoms with E-state index in [4.69, 9.17) is 14.2 Å². The van der Waals surface area contributed by atoms with Crippen LogP contribution in [-0.4, -0.2) is 37.2 Å². The van der Waals surface area contributed by atoms with E-state index in [1.54, 1.807) is 0 Å². The van der Waals surface area contributed by atoms with Gasteiger partial charge in [0.15, 0.2) is 6.10 Å². The Kier molecular flexibility index (Phi) is 54.9. The van der Waals surface area contributed by atoms with Crippen molar-refractivity contribution in [2.75, 3.05) is 13.2 Å². The number of rotatable bonds is 51. The Morgan fingerprint density at radius 3 is 0.845 bits per heavy atom. The van der Waals surface area contributed by atoms with Crippen LogP contribution in [0.1, 0.15) is 252 Å². The van der Waals surface area contributed by atoms with E-state index in [1.165, 1.54) is 103 Å². The summed E-state index contributed by atoms with van der Waals surface area (Å²) in [5.41, 5.74) is 0. The van der Waals surface area contributed by atoms with Gasteiger partial charge in [0.2, 0.25) is 0 Å². The summed E-state index contributed by atoms with van der Waals surface area (Å²) in [6.07, 6.45) is 80.4. The quantitative estimate of drug-likeness (QED) is 0.0261. The molecule has 402 valence electrons. The highest BCUT2D eigenvalue weighted by atomic mass is 16.6. The summed E-state index contributed by atoms with van der Waals surface area (Å²) in [4.78, 5) is 38.2. The van der Waals surface area contributed by atoms with Gasteiger partial charge in [-0.3, -0.25) is 14.4 Å². The summed E-state index contributed by atoms with van der Waals surface area (Å²) in [6, 6.07) is 0. The summed E-state index contributed by atoms with van der Waals surface area (Å²) < 4.78 is 16.8. The molecule has 0 rings (SSSR count). The van der Waals surface area contributed by atoms with Crippen LogP contribution in [0.25, 0.3) is 0 Å². The van der Waals surface area contributed by atoms with Crippen molar-refractivity contribution in [1.29, 1.82) is 0 Å². The fraction of sp³-hybridized carbons (Fsp3) is 0.646. The molecular weight excluding hydrogens is 877 g/mol. The van der Waals surface area contributed by atoms with Crippen LogP contribution in [0.5, 0.6) is 0 Å². The van der Waals surface area contributed by atoms with E-state index in [9.17, 15) is 14.4 Å². The van der Waals surface area contributed by atoms with Crippen LogP contribution in [0, 0.1) is 0 Å². The summed E-state index contributed by atoms with van der Waals surface area (Å²) in [5.74, 6) is -1.01. The maximum absolute atomic E-state index is 12.8. The van der Waals surface area contributed by atoms with Crippen molar-refractivity contribution in [3.8, 4) is 0 Å². The van der Waals surface area contributed by atoms with Crippen LogP contribution >= 0.6 is 0 Å². The zero-order valence-electron chi connectivity index (χ0n) is 45.9. The van der Waals surface area contributed by atoms with Gasteiger partial charge in [0, 0.05) is 19.3 Å². The normalized spacial score (nSPS) is 13.0. The first-order valence-corrected chi connectivity index (χ1v) is 29.0. The number of allylic oxidation sites excluding steroid dienone is 20. The standard InChI is InChI=1S/C65H106O6/c1-4-7-10-13-16-19-22-25-28-31-32-35-37-40-43-46-49-52-55-58-64(67)70-61-62(71-65(68)59-56-53-50-47-44-41-38-34-30-27-24-21-18-15-12-9-6-3)60-69-63(66)57-54-51-48-45-42-39-36-33-29-26-23-20-17-14-11-8-5-2/h16-21,25-30,32,35,38,40-41,43,47,50,62H,4-15,22-24,31,33-34,36-37,39,42,44-46,48-49,51-61H2,1-3H3/b19-16+,20-17+,21-18+,28-25+,29-26+,30-27+,35-32+,41-38+,43-40+,50-47+/t62-/m1/s1. The molecule has 0 saturated carbocycles. The molecule has 0 aromatic carbocycles. The number of hydrogen-bond acceptors (Lipinski definition) is 6. The lowest BCUT2D eigenvalue weighted by atomic mass is 10.1. The molecule has 0 bridgehead atoms. The molecular formula is C65H106O6. The van der Waals surface area contributed by atoms with E-state index < -0.39 is 6.10 Å². The Morgan fingerprint density at radius 1 is 0.282 bits per heavy atom. The van der Waals surface area contributed by atoms with Gasteiger partial charge in [0.25, 0.3) is 0 Å². The first kappa shape index (κ1) is 66.8. The predicted octanol–water partition coefficient (Wildman–Crippen LogP) is 19.6. The van der Waals surface area contributed by atoms with E-state index in [2.05, 4.69) is 142 Å². The molecule has 0 aromatic heterocycles. The largest absolute Gasteiger partial charge is 0.462 e. The Bertz CT molecular complexity index is 1500. The SMILES string of the molecule is CCCCC/C=C/C/C=C/C/C=C/C/C=C/CCCCCC(=O)OC[C@@H](COC(=O)CCCCCCCCC/C=C/C/C=C/CCCCC)OC(=O)CCC/C=C/C/C=C/C/C=C/C/C=C/CCCCC. The third kappa shape index (κ3) is 56.6. The Hall–Kier alpha value is -4.19. The van der Waals surface area contributed by atoms with Crippen molar-refractivity contribution < 1.29 is 28.6 Å². The number of esters is 3. The molecule has 0 aliphatic carbocycles. The van der Waals surface area contributed by atoms with Gasteiger partial charge in [-0.05, 0) is 135 Å². The molecule has 0 aliphatic rings. The zero-order valence-corrected chi connectivity index (χ0v) is 45.9. The van der Waals surface area contributed by atoms with Gasteiger partial charge in [-0.2, -0.15) is 0 Å². The first-order valence-electron chi connectivity index (χ1n) is 29.0. The smallest absolute Gasteiger partial charge is 0.306 e. The minimum absolute atomic E-state index is 0.117. The fourth-order valence-electron chi connectivity index (χ4n) is 7.51. The van der Waals surface area contributed by atoms with E-state index in [0.29, 0.717) is 19.3 Å². The van der Waals surface area contributed by atoms with E-state index in [1.807, 2.05) is 0 Å². The molecule has 0 aliphatic heterocycles. The Morgan fingerprint density at radius 2 is 0.521 bits per heavy atom. The molecule has 0 fully saturated rings. The second-order valence-corrected chi connectivity index (χ2v) is 18.8. The molecule has 1 atom stereocenters. The summed E-state index contributed by atoms with van der Waals surface area (Å²) in [5, 5.41) is 0. The first-order chi connectivity index (χ1) is 35.0. The highest BCUT2D eigenvalue weighted by molar-refractivity contribution is 5.71. The van der Waals surface area contributed by atoms with Gasteiger partial charge in [-0.1, -0.05) is 219 Å². The molecule has 0 N–H and O–H groups in total. The van der Waals surface area contributed by atoms with E-state index >= 15 is 0 Å². The van der Waals surface area contributed by atoms with Gasteiger partial charge >= 0.3 is 17.9 Å². The number of carbonyl (C=O) groups is 3. The fourth-order valence-corrected chi connectivity index (χ4v) is 7.51. The van der Waals surface area contributed by atoms with E-state index in [-0.39, 0.29) is 37.5 Å². The van der Waals surface area contributed by atoms with Crippen LogP contribution in [0.15, 0.2) is 122 Å².